The number of nitro benzene ring substituents is 1. The van der Waals surface area contributed by atoms with Crippen molar-refractivity contribution in [1.82, 2.24) is 0 Å². The van der Waals surface area contributed by atoms with Crippen LogP contribution in [0.2, 0.25) is 0 Å². The smallest absolute Gasteiger partial charge is 0.283 e. The van der Waals surface area contributed by atoms with Crippen molar-refractivity contribution in [3.05, 3.63) is 63.7 Å². The summed E-state index contributed by atoms with van der Waals surface area (Å²) in [5, 5.41) is 11.1. The van der Waals surface area contributed by atoms with Crippen molar-refractivity contribution in [3.8, 4) is 5.75 Å². The molecule has 3 rings (SSSR count). The number of ether oxygens (including phenoxy) is 1. The summed E-state index contributed by atoms with van der Waals surface area (Å²) < 4.78 is 5.44. The maximum atomic E-state index is 12.6. The van der Waals surface area contributed by atoms with Gasteiger partial charge in [-0.1, -0.05) is 18.2 Å². The van der Waals surface area contributed by atoms with Crippen LogP contribution in [0.5, 0.6) is 5.75 Å². The second kappa shape index (κ2) is 5.53. The minimum atomic E-state index is -0.718. The van der Waals surface area contributed by atoms with Crippen LogP contribution >= 0.6 is 0 Å². The fourth-order valence-corrected chi connectivity index (χ4v) is 2.56. The molecule has 0 aromatic heterocycles. The predicted octanol–water partition coefficient (Wildman–Crippen LogP) is 2.79. The Morgan fingerprint density at radius 1 is 1.09 bits per heavy atom. The summed E-state index contributed by atoms with van der Waals surface area (Å²) in [4.78, 5) is 36.6. The Hall–Kier alpha value is -3.22. The number of fused-ring (bicyclic) bond motifs is 1. The number of rotatable bonds is 4. The summed E-state index contributed by atoms with van der Waals surface area (Å²) in [7, 11) is 0. The highest BCUT2D eigenvalue weighted by atomic mass is 16.6. The third-order valence-electron chi connectivity index (χ3n) is 3.50. The number of imide groups is 1. The van der Waals surface area contributed by atoms with Crippen LogP contribution in [0.1, 0.15) is 27.6 Å². The number of carbonyl (C=O) groups excluding carboxylic acids is 2. The average molecular weight is 312 g/mol. The van der Waals surface area contributed by atoms with Crippen LogP contribution in [0.4, 0.5) is 11.4 Å². The van der Waals surface area contributed by atoms with Crippen LogP contribution in [0, 0.1) is 10.1 Å². The van der Waals surface area contributed by atoms with Crippen molar-refractivity contribution in [1.29, 1.82) is 0 Å². The van der Waals surface area contributed by atoms with E-state index in [1.807, 2.05) is 0 Å². The highest BCUT2D eigenvalue weighted by molar-refractivity contribution is 6.36. The van der Waals surface area contributed by atoms with E-state index in [4.69, 9.17) is 4.74 Å². The molecular weight excluding hydrogens is 300 g/mol. The highest BCUT2D eigenvalue weighted by Crippen LogP contribution is 2.37. The standard InChI is InChI=1S/C16H12N2O5/c1-2-23-13-9-4-3-7-11(13)17-15(19)10-6-5-8-12(18(21)22)14(10)16(17)20/h3-9H,2H2,1H3. The number of anilines is 1. The van der Waals surface area contributed by atoms with Crippen LogP contribution in [0.15, 0.2) is 42.5 Å². The molecule has 116 valence electrons. The van der Waals surface area contributed by atoms with Gasteiger partial charge >= 0.3 is 0 Å². The van der Waals surface area contributed by atoms with Gasteiger partial charge in [0.05, 0.1) is 22.8 Å². The molecular formula is C16H12N2O5. The molecule has 7 nitrogen and oxygen atoms in total. The van der Waals surface area contributed by atoms with Crippen LogP contribution in [-0.4, -0.2) is 23.3 Å². The van der Waals surface area contributed by atoms with E-state index in [2.05, 4.69) is 0 Å². The van der Waals surface area contributed by atoms with Gasteiger partial charge in [-0.25, -0.2) is 4.90 Å². The van der Waals surface area contributed by atoms with E-state index in [1.54, 1.807) is 31.2 Å². The molecule has 1 heterocycles. The lowest BCUT2D eigenvalue weighted by molar-refractivity contribution is -0.385. The SMILES string of the molecule is CCOc1ccccc1N1C(=O)c2cccc([N+](=O)[O-])c2C1=O. The van der Waals surface area contributed by atoms with E-state index < -0.39 is 16.7 Å². The Morgan fingerprint density at radius 3 is 2.52 bits per heavy atom. The van der Waals surface area contributed by atoms with Crippen LogP contribution < -0.4 is 9.64 Å². The number of hydrogen-bond donors (Lipinski definition) is 0. The van der Waals surface area contributed by atoms with Crippen molar-refractivity contribution >= 4 is 23.2 Å². The third kappa shape index (κ3) is 2.22. The number of para-hydroxylation sites is 2. The number of amides is 2. The van der Waals surface area contributed by atoms with Gasteiger partial charge in [-0.15, -0.1) is 0 Å². The van der Waals surface area contributed by atoms with Crippen LogP contribution in [0.3, 0.4) is 0 Å². The summed E-state index contributed by atoms with van der Waals surface area (Å²) in [5.74, 6) is -0.947. The van der Waals surface area contributed by atoms with Crippen molar-refractivity contribution in [2.45, 2.75) is 6.92 Å². The van der Waals surface area contributed by atoms with Gasteiger partial charge in [-0.05, 0) is 25.1 Å². The number of benzene rings is 2. The Labute approximate surface area is 131 Å². The molecule has 2 aromatic carbocycles. The molecule has 0 aliphatic carbocycles. The Kier molecular flexibility index (Phi) is 3.53. The normalized spacial score (nSPS) is 13.2. The van der Waals surface area contributed by atoms with Gasteiger partial charge in [0.1, 0.15) is 11.3 Å². The van der Waals surface area contributed by atoms with Gasteiger partial charge < -0.3 is 4.74 Å². The molecule has 1 aliphatic rings. The first-order chi connectivity index (χ1) is 11.1. The van der Waals surface area contributed by atoms with Gasteiger partial charge in [-0.2, -0.15) is 0 Å². The molecule has 0 fully saturated rings. The molecule has 0 saturated carbocycles. The molecule has 0 saturated heterocycles. The summed E-state index contributed by atoms with van der Waals surface area (Å²) in [6.45, 7) is 2.14. The quantitative estimate of drug-likeness (QED) is 0.492. The Bertz CT molecular complexity index is 831. The summed E-state index contributed by atoms with van der Waals surface area (Å²) in [6.07, 6.45) is 0. The molecule has 0 atom stereocenters. The van der Waals surface area contributed by atoms with E-state index in [0.29, 0.717) is 12.4 Å². The second-order valence-electron chi connectivity index (χ2n) is 4.80. The van der Waals surface area contributed by atoms with Gasteiger partial charge in [0, 0.05) is 6.07 Å². The molecule has 7 heteroatoms. The van der Waals surface area contributed by atoms with Crippen LogP contribution in [-0.2, 0) is 0 Å². The topological polar surface area (TPSA) is 89.8 Å². The predicted molar refractivity (Wildman–Crippen MR) is 81.8 cm³/mol. The number of nitro groups is 1. The van der Waals surface area contributed by atoms with Crippen molar-refractivity contribution in [2.75, 3.05) is 11.5 Å². The van der Waals surface area contributed by atoms with Gasteiger partial charge in [0.15, 0.2) is 0 Å². The third-order valence-corrected chi connectivity index (χ3v) is 3.50. The molecule has 0 spiro atoms. The van der Waals surface area contributed by atoms with E-state index in [9.17, 15) is 19.7 Å². The zero-order chi connectivity index (χ0) is 16.6. The first-order valence-corrected chi connectivity index (χ1v) is 6.94. The maximum absolute atomic E-state index is 12.6. The monoisotopic (exact) mass is 312 g/mol. The van der Waals surface area contributed by atoms with Crippen molar-refractivity contribution < 1.29 is 19.2 Å². The Balaban J connectivity index is 2.15. The summed E-state index contributed by atoms with van der Waals surface area (Å²) in [6, 6.07) is 10.6. The molecule has 1 aliphatic heterocycles. The first-order valence-electron chi connectivity index (χ1n) is 6.94. The molecule has 2 amide bonds. The highest BCUT2D eigenvalue weighted by Gasteiger charge is 2.42. The summed E-state index contributed by atoms with van der Waals surface area (Å²) >= 11 is 0. The number of nitrogens with zero attached hydrogens (tertiary/aromatic N) is 2. The lowest BCUT2D eigenvalue weighted by Crippen LogP contribution is -2.30. The van der Waals surface area contributed by atoms with E-state index in [1.165, 1.54) is 18.2 Å². The van der Waals surface area contributed by atoms with Crippen LogP contribution in [0.25, 0.3) is 0 Å². The molecule has 0 unspecified atom stereocenters. The van der Waals surface area contributed by atoms with E-state index in [0.717, 1.165) is 4.90 Å². The average Bonchev–Trinajstić information content (AvgIpc) is 2.80. The summed E-state index contributed by atoms with van der Waals surface area (Å²) in [5.41, 5.74) is -0.267. The first kappa shape index (κ1) is 14.7. The van der Waals surface area contributed by atoms with E-state index in [-0.39, 0.29) is 22.5 Å². The van der Waals surface area contributed by atoms with E-state index >= 15 is 0 Å². The number of carbonyl (C=O) groups is 2. The van der Waals surface area contributed by atoms with Gasteiger partial charge in [0.2, 0.25) is 0 Å². The minimum absolute atomic E-state index is 0.0236. The second-order valence-corrected chi connectivity index (χ2v) is 4.80. The van der Waals surface area contributed by atoms with Crippen molar-refractivity contribution in [3.63, 3.8) is 0 Å². The lowest BCUT2D eigenvalue weighted by atomic mass is 10.1. The van der Waals surface area contributed by atoms with Gasteiger partial charge in [0.25, 0.3) is 17.5 Å². The molecule has 0 bridgehead atoms. The zero-order valence-electron chi connectivity index (χ0n) is 12.2. The number of hydrogen-bond acceptors (Lipinski definition) is 5. The van der Waals surface area contributed by atoms with Gasteiger partial charge in [-0.3, -0.25) is 19.7 Å². The Morgan fingerprint density at radius 2 is 1.83 bits per heavy atom. The molecule has 0 radical (unpaired) electrons. The minimum Gasteiger partial charge on any atom is -0.492 e. The maximum Gasteiger partial charge on any atom is 0.283 e. The van der Waals surface area contributed by atoms with Crippen molar-refractivity contribution in [2.24, 2.45) is 0 Å². The fraction of sp³-hybridized carbons (Fsp3) is 0.125. The zero-order valence-corrected chi connectivity index (χ0v) is 12.2. The molecule has 23 heavy (non-hydrogen) atoms. The largest absolute Gasteiger partial charge is 0.492 e. The lowest BCUT2D eigenvalue weighted by Gasteiger charge is -2.17. The fourth-order valence-electron chi connectivity index (χ4n) is 2.56. The molecule has 0 N–H and O–H groups in total. The molecule has 2 aromatic rings.